The second-order valence-electron chi connectivity index (χ2n) is 7.91. The first-order valence-corrected chi connectivity index (χ1v) is 9.64. The molecule has 0 spiro atoms. The average Bonchev–Trinajstić information content (AvgIpc) is 2.95. The van der Waals surface area contributed by atoms with Gasteiger partial charge in [0.25, 0.3) is 5.92 Å². The van der Waals surface area contributed by atoms with Crippen LogP contribution in [0.5, 0.6) is 0 Å². The fraction of sp³-hybridized carbons (Fsp3) is 0.600. The normalized spacial score (nSPS) is 24.8. The van der Waals surface area contributed by atoms with Crippen LogP contribution in [0.3, 0.4) is 0 Å². The lowest BCUT2D eigenvalue weighted by atomic mass is 9.98. The van der Waals surface area contributed by atoms with Crippen molar-refractivity contribution < 1.29 is 23.1 Å². The molecule has 152 valence electrons. The van der Waals surface area contributed by atoms with Gasteiger partial charge in [-0.15, -0.1) is 0 Å². The van der Waals surface area contributed by atoms with Gasteiger partial charge in [-0.2, -0.15) is 0 Å². The molecule has 0 saturated carbocycles. The van der Waals surface area contributed by atoms with E-state index in [4.69, 9.17) is 4.74 Å². The number of alkyl halides is 2. The molecule has 0 bridgehead atoms. The maximum Gasteiger partial charge on any atom is 0.262 e. The summed E-state index contributed by atoms with van der Waals surface area (Å²) in [5.74, 6) is -3.26. The summed E-state index contributed by atoms with van der Waals surface area (Å²) in [5.41, 5.74) is 2.30. The van der Waals surface area contributed by atoms with Gasteiger partial charge in [0.2, 0.25) is 11.8 Å². The minimum Gasteiger partial charge on any atom is -0.375 e. The van der Waals surface area contributed by atoms with Gasteiger partial charge >= 0.3 is 0 Å². The monoisotopic (exact) mass is 393 g/mol. The molecule has 1 aromatic carbocycles. The SMILES string of the molecule is COCC(=O)N1CC(N2CC(F)(F)C[C@H]2C(=O)N2CCc3ccccc3C2)C1. The fourth-order valence-corrected chi connectivity index (χ4v) is 4.43. The average molecular weight is 393 g/mol. The lowest BCUT2D eigenvalue weighted by Crippen LogP contribution is -2.64. The van der Waals surface area contributed by atoms with E-state index in [0.717, 1.165) is 12.0 Å². The van der Waals surface area contributed by atoms with Gasteiger partial charge in [-0.25, -0.2) is 8.78 Å². The third-order valence-electron chi connectivity index (χ3n) is 5.99. The topological polar surface area (TPSA) is 53.1 Å². The Balaban J connectivity index is 1.44. The number of nitrogens with zero attached hydrogens (tertiary/aromatic N) is 3. The number of fused-ring (bicyclic) bond motifs is 1. The first-order valence-electron chi connectivity index (χ1n) is 9.64. The van der Waals surface area contributed by atoms with Crippen molar-refractivity contribution >= 4 is 11.8 Å². The van der Waals surface area contributed by atoms with Crippen LogP contribution in [-0.2, 0) is 27.3 Å². The van der Waals surface area contributed by atoms with Crippen molar-refractivity contribution in [2.75, 3.05) is 39.9 Å². The Morgan fingerprint density at radius 1 is 1.18 bits per heavy atom. The summed E-state index contributed by atoms with van der Waals surface area (Å²) in [6.45, 7) is 1.31. The van der Waals surface area contributed by atoms with Gasteiger partial charge in [0.05, 0.1) is 12.6 Å². The molecule has 3 aliphatic rings. The van der Waals surface area contributed by atoms with Crippen LogP contribution in [0.4, 0.5) is 8.78 Å². The highest BCUT2D eigenvalue weighted by molar-refractivity contribution is 5.83. The van der Waals surface area contributed by atoms with Crippen LogP contribution in [0.15, 0.2) is 24.3 Å². The van der Waals surface area contributed by atoms with E-state index in [1.807, 2.05) is 24.3 Å². The number of carbonyl (C=O) groups excluding carboxylic acids is 2. The third-order valence-corrected chi connectivity index (χ3v) is 5.99. The fourth-order valence-electron chi connectivity index (χ4n) is 4.43. The van der Waals surface area contributed by atoms with E-state index < -0.39 is 24.9 Å². The molecule has 3 heterocycles. The second kappa shape index (κ2) is 7.40. The maximum absolute atomic E-state index is 14.2. The second-order valence-corrected chi connectivity index (χ2v) is 7.91. The quantitative estimate of drug-likeness (QED) is 0.770. The summed E-state index contributed by atoms with van der Waals surface area (Å²) in [5, 5.41) is 0. The zero-order chi connectivity index (χ0) is 19.9. The molecule has 0 unspecified atom stereocenters. The summed E-state index contributed by atoms with van der Waals surface area (Å²) in [6, 6.07) is 6.91. The molecule has 2 amide bonds. The molecule has 4 rings (SSSR count). The highest BCUT2D eigenvalue weighted by Gasteiger charge is 2.53. The lowest BCUT2D eigenvalue weighted by molar-refractivity contribution is -0.146. The number of carbonyl (C=O) groups is 2. The summed E-state index contributed by atoms with van der Waals surface area (Å²) in [6.07, 6.45) is 0.292. The Morgan fingerprint density at radius 3 is 2.61 bits per heavy atom. The summed E-state index contributed by atoms with van der Waals surface area (Å²) >= 11 is 0. The molecule has 0 radical (unpaired) electrons. The van der Waals surface area contributed by atoms with Gasteiger partial charge in [-0.3, -0.25) is 14.5 Å². The number of rotatable bonds is 4. The Kier molecular flexibility index (Phi) is 5.09. The predicted octanol–water partition coefficient (Wildman–Crippen LogP) is 1.14. The van der Waals surface area contributed by atoms with Crippen molar-refractivity contribution in [2.24, 2.45) is 0 Å². The van der Waals surface area contributed by atoms with Crippen molar-refractivity contribution in [3.8, 4) is 0 Å². The minimum atomic E-state index is -2.88. The zero-order valence-electron chi connectivity index (χ0n) is 15.9. The molecule has 8 heteroatoms. The summed E-state index contributed by atoms with van der Waals surface area (Å²) < 4.78 is 33.2. The molecule has 0 aliphatic carbocycles. The van der Waals surface area contributed by atoms with Gasteiger partial charge < -0.3 is 14.5 Å². The molecule has 28 heavy (non-hydrogen) atoms. The largest absolute Gasteiger partial charge is 0.375 e. The Hall–Kier alpha value is -2.06. The van der Waals surface area contributed by atoms with Crippen LogP contribution in [0.25, 0.3) is 0 Å². The van der Waals surface area contributed by atoms with E-state index in [9.17, 15) is 18.4 Å². The number of halogens is 2. The van der Waals surface area contributed by atoms with E-state index in [-0.39, 0.29) is 24.5 Å². The number of methoxy groups -OCH3 is 1. The molecule has 6 nitrogen and oxygen atoms in total. The van der Waals surface area contributed by atoms with Gasteiger partial charge in [0.15, 0.2) is 0 Å². The van der Waals surface area contributed by atoms with Crippen molar-refractivity contribution in [3.63, 3.8) is 0 Å². The predicted molar refractivity (Wildman–Crippen MR) is 97.9 cm³/mol. The smallest absolute Gasteiger partial charge is 0.262 e. The van der Waals surface area contributed by atoms with E-state index in [1.54, 1.807) is 14.7 Å². The van der Waals surface area contributed by atoms with E-state index in [2.05, 4.69) is 0 Å². The van der Waals surface area contributed by atoms with Crippen molar-refractivity contribution in [1.29, 1.82) is 0 Å². The van der Waals surface area contributed by atoms with Crippen LogP contribution < -0.4 is 0 Å². The molecule has 1 atom stereocenters. The van der Waals surface area contributed by atoms with Crippen LogP contribution >= 0.6 is 0 Å². The molecule has 0 aromatic heterocycles. The van der Waals surface area contributed by atoms with Crippen LogP contribution in [0.2, 0.25) is 0 Å². The lowest BCUT2D eigenvalue weighted by Gasteiger charge is -2.46. The number of likely N-dealkylation sites (tertiary alicyclic amines) is 2. The van der Waals surface area contributed by atoms with Crippen molar-refractivity contribution in [3.05, 3.63) is 35.4 Å². The zero-order valence-corrected chi connectivity index (χ0v) is 15.9. The van der Waals surface area contributed by atoms with Crippen LogP contribution in [0.1, 0.15) is 17.5 Å². The number of hydrogen-bond acceptors (Lipinski definition) is 4. The molecule has 2 fully saturated rings. The Bertz CT molecular complexity index is 767. The van der Waals surface area contributed by atoms with Gasteiger partial charge in [0.1, 0.15) is 6.61 Å². The van der Waals surface area contributed by atoms with Crippen LogP contribution in [0, 0.1) is 0 Å². The first kappa shape index (κ1) is 19.3. The Morgan fingerprint density at radius 2 is 1.89 bits per heavy atom. The van der Waals surface area contributed by atoms with Crippen molar-refractivity contribution in [2.45, 2.75) is 37.4 Å². The molecule has 3 aliphatic heterocycles. The van der Waals surface area contributed by atoms with E-state index >= 15 is 0 Å². The standard InChI is InChI=1S/C20H25F2N3O3/c1-28-12-18(26)24-10-16(11-24)25-13-20(21,22)8-17(25)19(27)23-7-6-14-4-2-3-5-15(14)9-23/h2-5,16-17H,6-13H2,1H3/t17-/m0/s1. The van der Waals surface area contributed by atoms with Gasteiger partial charge in [-0.1, -0.05) is 24.3 Å². The number of ether oxygens (including phenoxy) is 1. The van der Waals surface area contributed by atoms with Gasteiger partial charge in [0, 0.05) is 45.8 Å². The van der Waals surface area contributed by atoms with E-state index in [1.165, 1.54) is 12.7 Å². The van der Waals surface area contributed by atoms with Crippen LogP contribution in [-0.4, -0.2) is 84.4 Å². The molecule has 1 aromatic rings. The van der Waals surface area contributed by atoms with Gasteiger partial charge in [-0.05, 0) is 17.5 Å². The maximum atomic E-state index is 14.2. The van der Waals surface area contributed by atoms with Crippen molar-refractivity contribution in [1.82, 2.24) is 14.7 Å². The number of hydrogen-bond donors (Lipinski definition) is 0. The minimum absolute atomic E-state index is 0.0155. The highest BCUT2D eigenvalue weighted by Crippen LogP contribution is 2.37. The highest BCUT2D eigenvalue weighted by atomic mass is 19.3. The molecular weight excluding hydrogens is 368 g/mol. The Labute approximate surface area is 163 Å². The molecule has 2 saturated heterocycles. The number of benzene rings is 1. The molecule has 0 N–H and O–H groups in total. The third kappa shape index (κ3) is 3.63. The summed E-state index contributed by atoms with van der Waals surface area (Å²) in [7, 11) is 1.45. The molecular formula is C20H25F2N3O3. The number of amides is 2. The van der Waals surface area contributed by atoms with E-state index in [0.29, 0.717) is 26.2 Å². The summed E-state index contributed by atoms with van der Waals surface area (Å²) in [4.78, 5) is 29.9. The first-order chi connectivity index (χ1) is 13.4.